The summed E-state index contributed by atoms with van der Waals surface area (Å²) in [5.74, 6) is 1.52. The van der Waals surface area contributed by atoms with Gasteiger partial charge in [0, 0.05) is 18.1 Å². The molecular formula is C20H20N4O3. The summed E-state index contributed by atoms with van der Waals surface area (Å²) in [6, 6.07) is 14.6. The summed E-state index contributed by atoms with van der Waals surface area (Å²) >= 11 is 0. The van der Waals surface area contributed by atoms with Crippen molar-refractivity contribution in [2.45, 2.75) is 6.92 Å². The van der Waals surface area contributed by atoms with Crippen LogP contribution in [0.2, 0.25) is 0 Å². The molecule has 7 heteroatoms. The Bertz CT molecular complexity index is 896. The van der Waals surface area contributed by atoms with Crippen molar-refractivity contribution in [3.8, 4) is 11.5 Å². The van der Waals surface area contributed by atoms with Gasteiger partial charge in [0.15, 0.2) is 0 Å². The number of ether oxygens (including phenoxy) is 2. The first kappa shape index (κ1) is 18.2. The molecule has 0 saturated heterocycles. The number of carbonyl (C=O) groups excluding carboxylic acids is 1. The lowest BCUT2D eigenvalue weighted by Gasteiger charge is -2.10. The Morgan fingerprint density at radius 2 is 1.74 bits per heavy atom. The van der Waals surface area contributed by atoms with E-state index in [4.69, 9.17) is 9.47 Å². The van der Waals surface area contributed by atoms with Gasteiger partial charge in [-0.15, -0.1) is 0 Å². The summed E-state index contributed by atoms with van der Waals surface area (Å²) in [4.78, 5) is 20.7. The number of methoxy groups -OCH3 is 1. The fourth-order valence-electron chi connectivity index (χ4n) is 2.38. The van der Waals surface area contributed by atoms with Crippen LogP contribution >= 0.6 is 0 Å². The molecule has 0 atom stereocenters. The number of rotatable bonds is 7. The lowest BCUT2D eigenvalue weighted by Crippen LogP contribution is -2.13. The standard InChI is InChI=1S/C20H20N4O3/c1-3-27-16-10-8-15(9-11-16)23-19(25)14-12-21-20(22-13-14)24-17-6-4-5-7-18(17)26-2/h4-13H,3H2,1-2H3,(H,23,25)(H,21,22,24). The number of para-hydroxylation sites is 2. The fourth-order valence-corrected chi connectivity index (χ4v) is 2.38. The minimum Gasteiger partial charge on any atom is -0.495 e. The third-order valence-electron chi connectivity index (χ3n) is 3.69. The Morgan fingerprint density at radius 3 is 2.41 bits per heavy atom. The zero-order chi connectivity index (χ0) is 19.1. The maximum absolute atomic E-state index is 12.3. The second-order valence-electron chi connectivity index (χ2n) is 5.53. The van der Waals surface area contributed by atoms with Crippen molar-refractivity contribution in [1.29, 1.82) is 0 Å². The molecule has 0 aliphatic heterocycles. The highest BCUT2D eigenvalue weighted by Gasteiger charge is 2.09. The lowest BCUT2D eigenvalue weighted by molar-refractivity contribution is 0.102. The molecule has 0 bridgehead atoms. The Labute approximate surface area is 157 Å². The molecule has 0 saturated carbocycles. The maximum Gasteiger partial charge on any atom is 0.258 e. The molecule has 0 aliphatic carbocycles. The van der Waals surface area contributed by atoms with Gasteiger partial charge >= 0.3 is 0 Å². The van der Waals surface area contributed by atoms with Gasteiger partial charge in [0.05, 0.1) is 25.0 Å². The van der Waals surface area contributed by atoms with Crippen molar-refractivity contribution in [3.63, 3.8) is 0 Å². The first-order valence-corrected chi connectivity index (χ1v) is 8.46. The van der Waals surface area contributed by atoms with Crippen molar-refractivity contribution in [3.05, 3.63) is 66.5 Å². The van der Waals surface area contributed by atoms with E-state index in [-0.39, 0.29) is 5.91 Å². The molecular weight excluding hydrogens is 344 g/mol. The molecule has 0 aliphatic rings. The smallest absolute Gasteiger partial charge is 0.258 e. The van der Waals surface area contributed by atoms with E-state index in [2.05, 4.69) is 20.6 Å². The van der Waals surface area contributed by atoms with E-state index in [1.54, 1.807) is 31.4 Å². The minimum absolute atomic E-state index is 0.289. The van der Waals surface area contributed by atoms with Crippen LogP contribution in [0.15, 0.2) is 60.9 Å². The number of hydrogen-bond donors (Lipinski definition) is 2. The normalized spacial score (nSPS) is 10.1. The number of nitrogens with zero attached hydrogens (tertiary/aromatic N) is 2. The van der Waals surface area contributed by atoms with Crippen LogP contribution in [0.4, 0.5) is 17.3 Å². The number of carbonyl (C=O) groups is 1. The predicted molar refractivity (Wildman–Crippen MR) is 104 cm³/mol. The molecule has 1 amide bonds. The van der Waals surface area contributed by atoms with Gasteiger partial charge in [-0.05, 0) is 43.3 Å². The predicted octanol–water partition coefficient (Wildman–Crippen LogP) is 3.88. The largest absolute Gasteiger partial charge is 0.495 e. The van der Waals surface area contributed by atoms with Gasteiger partial charge in [-0.2, -0.15) is 0 Å². The highest BCUT2D eigenvalue weighted by molar-refractivity contribution is 6.03. The first-order valence-electron chi connectivity index (χ1n) is 8.46. The first-order chi connectivity index (χ1) is 13.2. The van der Waals surface area contributed by atoms with Crippen LogP contribution in [0.5, 0.6) is 11.5 Å². The summed E-state index contributed by atoms with van der Waals surface area (Å²) in [5, 5.41) is 5.86. The zero-order valence-corrected chi connectivity index (χ0v) is 15.1. The third kappa shape index (κ3) is 4.72. The summed E-state index contributed by atoms with van der Waals surface area (Å²) in [5.41, 5.74) is 1.76. The molecule has 3 rings (SSSR count). The highest BCUT2D eigenvalue weighted by Crippen LogP contribution is 2.25. The molecule has 0 radical (unpaired) electrons. The van der Waals surface area contributed by atoms with E-state index in [1.165, 1.54) is 12.4 Å². The van der Waals surface area contributed by atoms with E-state index in [0.717, 1.165) is 11.4 Å². The van der Waals surface area contributed by atoms with Crippen molar-refractivity contribution in [2.24, 2.45) is 0 Å². The van der Waals surface area contributed by atoms with Crippen LogP contribution in [0.25, 0.3) is 0 Å². The molecule has 2 N–H and O–H groups in total. The van der Waals surface area contributed by atoms with E-state index in [9.17, 15) is 4.79 Å². The quantitative estimate of drug-likeness (QED) is 0.662. The van der Waals surface area contributed by atoms with Crippen LogP contribution in [-0.4, -0.2) is 29.6 Å². The van der Waals surface area contributed by atoms with Crippen molar-refractivity contribution in [2.75, 3.05) is 24.4 Å². The SMILES string of the molecule is CCOc1ccc(NC(=O)c2cnc(Nc3ccccc3OC)nc2)cc1. The number of anilines is 3. The summed E-state index contributed by atoms with van der Waals surface area (Å²) < 4.78 is 10.7. The summed E-state index contributed by atoms with van der Waals surface area (Å²) in [7, 11) is 1.59. The number of benzene rings is 2. The van der Waals surface area contributed by atoms with E-state index >= 15 is 0 Å². The van der Waals surface area contributed by atoms with Gasteiger partial charge in [0.2, 0.25) is 5.95 Å². The van der Waals surface area contributed by atoms with Crippen LogP contribution in [0, 0.1) is 0 Å². The Morgan fingerprint density at radius 1 is 1.04 bits per heavy atom. The molecule has 27 heavy (non-hydrogen) atoms. The highest BCUT2D eigenvalue weighted by atomic mass is 16.5. The molecule has 7 nitrogen and oxygen atoms in total. The van der Waals surface area contributed by atoms with Gasteiger partial charge in [0.25, 0.3) is 5.91 Å². The van der Waals surface area contributed by atoms with Crippen molar-refractivity contribution < 1.29 is 14.3 Å². The van der Waals surface area contributed by atoms with Crippen LogP contribution in [-0.2, 0) is 0 Å². The van der Waals surface area contributed by atoms with Gasteiger partial charge in [-0.25, -0.2) is 9.97 Å². The zero-order valence-electron chi connectivity index (χ0n) is 15.1. The molecule has 0 unspecified atom stereocenters. The van der Waals surface area contributed by atoms with E-state index in [0.29, 0.717) is 29.6 Å². The number of aromatic nitrogens is 2. The Kier molecular flexibility index (Phi) is 5.84. The second-order valence-corrected chi connectivity index (χ2v) is 5.53. The van der Waals surface area contributed by atoms with Gasteiger partial charge in [-0.3, -0.25) is 4.79 Å². The van der Waals surface area contributed by atoms with Crippen molar-refractivity contribution in [1.82, 2.24) is 9.97 Å². The number of hydrogen-bond acceptors (Lipinski definition) is 6. The maximum atomic E-state index is 12.3. The molecule has 3 aromatic rings. The van der Waals surface area contributed by atoms with E-state index in [1.807, 2.05) is 31.2 Å². The monoisotopic (exact) mass is 364 g/mol. The Hall–Kier alpha value is -3.61. The molecule has 2 aromatic carbocycles. The molecule has 138 valence electrons. The summed E-state index contributed by atoms with van der Waals surface area (Å²) in [6.45, 7) is 2.51. The molecule has 1 heterocycles. The second kappa shape index (κ2) is 8.66. The molecule has 1 aromatic heterocycles. The average molecular weight is 364 g/mol. The van der Waals surface area contributed by atoms with Gasteiger partial charge in [0.1, 0.15) is 11.5 Å². The van der Waals surface area contributed by atoms with Crippen LogP contribution in [0.1, 0.15) is 17.3 Å². The molecule has 0 fully saturated rings. The lowest BCUT2D eigenvalue weighted by atomic mass is 10.2. The van der Waals surface area contributed by atoms with Gasteiger partial charge < -0.3 is 20.1 Å². The fraction of sp³-hybridized carbons (Fsp3) is 0.150. The minimum atomic E-state index is -0.289. The average Bonchev–Trinajstić information content (AvgIpc) is 2.70. The van der Waals surface area contributed by atoms with Gasteiger partial charge in [-0.1, -0.05) is 12.1 Å². The van der Waals surface area contributed by atoms with Crippen molar-refractivity contribution >= 4 is 23.2 Å². The number of amides is 1. The molecule has 0 spiro atoms. The van der Waals surface area contributed by atoms with Crippen LogP contribution < -0.4 is 20.1 Å². The third-order valence-corrected chi connectivity index (χ3v) is 3.69. The van der Waals surface area contributed by atoms with Crippen LogP contribution in [0.3, 0.4) is 0 Å². The van der Waals surface area contributed by atoms with E-state index < -0.39 is 0 Å². The topological polar surface area (TPSA) is 85.4 Å². The number of nitrogens with one attached hydrogen (secondary N) is 2. The summed E-state index contributed by atoms with van der Waals surface area (Å²) in [6.07, 6.45) is 2.93. The Balaban J connectivity index is 1.65.